The predicted molar refractivity (Wildman–Crippen MR) is 87.6 cm³/mol. The number of carboxylic acid groups (broad SMARTS) is 1. The number of nitriles is 1. The van der Waals surface area contributed by atoms with Crippen molar-refractivity contribution in [2.75, 3.05) is 13.7 Å². The summed E-state index contributed by atoms with van der Waals surface area (Å²) in [4.78, 5) is 22.6. The average Bonchev–Trinajstić information content (AvgIpc) is 3.16. The van der Waals surface area contributed by atoms with E-state index in [2.05, 4.69) is 5.32 Å². The summed E-state index contributed by atoms with van der Waals surface area (Å²) in [5, 5.41) is 22.3. The normalized spacial score (nSPS) is 10.7. The number of amides is 1. The van der Waals surface area contributed by atoms with Crippen molar-refractivity contribution in [2.24, 2.45) is 0 Å². The molecule has 0 aliphatic heterocycles. The molecule has 8 heteroatoms. The van der Waals surface area contributed by atoms with Gasteiger partial charge in [-0.1, -0.05) is 6.07 Å². The third-order valence-corrected chi connectivity index (χ3v) is 3.21. The maximum absolute atomic E-state index is 12.1. The lowest BCUT2D eigenvalue weighted by Gasteiger charge is -2.11. The van der Waals surface area contributed by atoms with E-state index in [4.69, 9.17) is 13.9 Å². The van der Waals surface area contributed by atoms with Crippen LogP contribution in [0.25, 0.3) is 6.08 Å². The van der Waals surface area contributed by atoms with Gasteiger partial charge in [0.25, 0.3) is 5.91 Å². The van der Waals surface area contributed by atoms with Crippen molar-refractivity contribution < 1.29 is 28.6 Å². The van der Waals surface area contributed by atoms with Gasteiger partial charge in [0.2, 0.25) is 0 Å². The van der Waals surface area contributed by atoms with Crippen LogP contribution in [0.5, 0.6) is 11.5 Å². The molecule has 1 N–H and O–H groups in total. The molecule has 1 amide bonds. The highest BCUT2D eigenvalue weighted by molar-refractivity contribution is 6.01. The molecule has 0 aliphatic carbocycles. The third-order valence-electron chi connectivity index (χ3n) is 3.21. The Kier molecular flexibility index (Phi) is 6.40. The molecule has 26 heavy (non-hydrogen) atoms. The van der Waals surface area contributed by atoms with E-state index in [-0.39, 0.29) is 23.6 Å². The molecule has 134 valence electrons. The maximum atomic E-state index is 12.1. The smallest absolute Gasteiger partial charge is 0.262 e. The highest BCUT2D eigenvalue weighted by atomic mass is 16.5. The quantitative estimate of drug-likeness (QED) is 0.544. The van der Waals surface area contributed by atoms with Gasteiger partial charge in [-0.3, -0.25) is 4.79 Å². The number of hydrogen-bond donors (Lipinski definition) is 1. The lowest BCUT2D eigenvalue weighted by atomic mass is 10.1. The van der Waals surface area contributed by atoms with E-state index in [1.807, 2.05) is 6.07 Å². The molecule has 0 aliphatic rings. The molecule has 1 heterocycles. The monoisotopic (exact) mass is 355 g/mol. The van der Waals surface area contributed by atoms with E-state index in [9.17, 15) is 20.0 Å². The molecule has 0 atom stereocenters. The summed E-state index contributed by atoms with van der Waals surface area (Å²) >= 11 is 0. The van der Waals surface area contributed by atoms with Crippen LogP contribution >= 0.6 is 0 Å². The molecule has 0 fully saturated rings. The second-order valence-corrected chi connectivity index (χ2v) is 5.00. The van der Waals surface area contributed by atoms with Gasteiger partial charge in [0.1, 0.15) is 24.0 Å². The Morgan fingerprint density at radius 3 is 2.77 bits per heavy atom. The minimum absolute atomic E-state index is 0.109. The van der Waals surface area contributed by atoms with Gasteiger partial charge in [0.05, 0.1) is 25.9 Å². The zero-order chi connectivity index (χ0) is 18.9. The van der Waals surface area contributed by atoms with Gasteiger partial charge in [-0.2, -0.15) is 5.26 Å². The number of aliphatic carboxylic acids is 1. The first-order valence-electron chi connectivity index (χ1n) is 7.46. The maximum Gasteiger partial charge on any atom is 0.262 e. The summed E-state index contributed by atoms with van der Waals surface area (Å²) in [7, 11) is 1.38. The van der Waals surface area contributed by atoms with Crippen molar-refractivity contribution in [2.45, 2.75) is 6.54 Å². The van der Waals surface area contributed by atoms with Gasteiger partial charge in [-0.25, -0.2) is 0 Å². The van der Waals surface area contributed by atoms with Gasteiger partial charge < -0.3 is 29.1 Å². The Balaban J connectivity index is 2.13. The van der Waals surface area contributed by atoms with Crippen LogP contribution in [-0.4, -0.2) is 25.6 Å². The molecule has 0 unspecified atom stereocenters. The Labute approximate surface area is 149 Å². The van der Waals surface area contributed by atoms with Crippen molar-refractivity contribution in [3.05, 3.63) is 53.5 Å². The molecule has 0 bridgehead atoms. The summed E-state index contributed by atoms with van der Waals surface area (Å²) in [5.41, 5.74) is 0.398. The zero-order valence-electron chi connectivity index (χ0n) is 13.9. The van der Waals surface area contributed by atoms with Crippen molar-refractivity contribution >= 4 is 18.0 Å². The number of rotatable bonds is 8. The van der Waals surface area contributed by atoms with Crippen LogP contribution in [0.1, 0.15) is 11.3 Å². The van der Waals surface area contributed by atoms with Crippen LogP contribution in [0, 0.1) is 11.3 Å². The number of nitrogens with zero attached hydrogens (tertiary/aromatic N) is 1. The number of carbonyl (C=O) groups is 2. The second-order valence-electron chi connectivity index (χ2n) is 5.00. The lowest BCUT2D eigenvalue weighted by molar-refractivity contribution is -0.307. The molecule has 2 aromatic rings. The van der Waals surface area contributed by atoms with Crippen molar-refractivity contribution in [3.8, 4) is 17.6 Å². The minimum atomic E-state index is -1.36. The first-order chi connectivity index (χ1) is 12.5. The summed E-state index contributed by atoms with van der Waals surface area (Å²) in [6.45, 7) is -0.464. The average molecular weight is 355 g/mol. The molecule has 2 rings (SSSR count). The SMILES string of the molecule is COc1cc(/C=C(\C#N)C(=O)NCc2ccco2)ccc1OCC(=O)[O-]. The molecule has 0 spiro atoms. The molecule has 8 nitrogen and oxygen atoms in total. The molecule has 0 radical (unpaired) electrons. The number of hydrogen-bond acceptors (Lipinski definition) is 7. The topological polar surface area (TPSA) is 125 Å². The fraction of sp³-hybridized carbons (Fsp3) is 0.167. The van der Waals surface area contributed by atoms with Gasteiger partial charge in [0, 0.05) is 0 Å². The lowest BCUT2D eigenvalue weighted by Crippen LogP contribution is -2.29. The molecule has 1 aromatic heterocycles. The molecular formula is C18H15N2O6-. The van der Waals surface area contributed by atoms with Crippen molar-refractivity contribution in [1.82, 2.24) is 5.32 Å². The molecule has 0 saturated heterocycles. The van der Waals surface area contributed by atoms with Crippen LogP contribution in [0.2, 0.25) is 0 Å². The molecule has 0 saturated carbocycles. The van der Waals surface area contributed by atoms with E-state index in [1.54, 1.807) is 18.2 Å². The van der Waals surface area contributed by atoms with E-state index in [0.29, 0.717) is 11.3 Å². The standard InChI is InChI=1S/C18H16N2O6/c1-24-16-8-12(4-5-15(16)26-11-17(21)22)7-13(9-19)18(23)20-10-14-3-2-6-25-14/h2-8H,10-11H2,1H3,(H,20,23)(H,21,22)/p-1/b13-7+. The van der Waals surface area contributed by atoms with Crippen LogP contribution in [0.3, 0.4) is 0 Å². The van der Waals surface area contributed by atoms with Crippen LogP contribution in [-0.2, 0) is 16.1 Å². The Bertz CT molecular complexity index is 849. The Morgan fingerprint density at radius 1 is 1.35 bits per heavy atom. The summed E-state index contributed by atoms with van der Waals surface area (Å²) in [5.74, 6) is -0.897. The van der Waals surface area contributed by atoms with E-state index >= 15 is 0 Å². The van der Waals surface area contributed by atoms with E-state index in [0.717, 1.165) is 0 Å². The summed E-state index contributed by atoms with van der Waals surface area (Å²) in [6.07, 6.45) is 2.86. The van der Waals surface area contributed by atoms with Gasteiger partial charge in [-0.15, -0.1) is 0 Å². The second kappa shape index (κ2) is 8.94. The summed E-state index contributed by atoms with van der Waals surface area (Å²) < 4.78 is 15.3. The number of furan rings is 1. The molecular weight excluding hydrogens is 340 g/mol. The number of methoxy groups -OCH3 is 1. The number of ether oxygens (including phenoxy) is 2. The Morgan fingerprint density at radius 2 is 2.15 bits per heavy atom. The zero-order valence-corrected chi connectivity index (χ0v) is 13.9. The molecule has 1 aromatic carbocycles. The van der Waals surface area contributed by atoms with Crippen LogP contribution in [0.4, 0.5) is 0 Å². The first kappa shape index (κ1) is 18.6. The van der Waals surface area contributed by atoms with Gasteiger partial charge in [-0.05, 0) is 35.9 Å². The number of carbonyl (C=O) groups excluding carboxylic acids is 2. The number of nitrogens with one attached hydrogen (secondary N) is 1. The van der Waals surface area contributed by atoms with Gasteiger partial charge in [0.15, 0.2) is 11.5 Å². The minimum Gasteiger partial charge on any atom is -0.546 e. The van der Waals surface area contributed by atoms with E-state index < -0.39 is 18.5 Å². The van der Waals surface area contributed by atoms with Crippen LogP contribution < -0.4 is 19.9 Å². The van der Waals surface area contributed by atoms with Crippen molar-refractivity contribution in [3.63, 3.8) is 0 Å². The number of carboxylic acids is 1. The fourth-order valence-electron chi connectivity index (χ4n) is 2.02. The van der Waals surface area contributed by atoms with Crippen molar-refractivity contribution in [1.29, 1.82) is 5.26 Å². The Hall–Kier alpha value is -3.73. The van der Waals surface area contributed by atoms with E-state index in [1.165, 1.54) is 31.6 Å². The first-order valence-corrected chi connectivity index (χ1v) is 7.46. The highest BCUT2D eigenvalue weighted by Gasteiger charge is 2.11. The third kappa shape index (κ3) is 5.14. The largest absolute Gasteiger partial charge is 0.546 e. The van der Waals surface area contributed by atoms with Crippen LogP contribution in [0.15, 0.2) is 46.6 Å². The predicted octanol–water partition coefficient (Wildman–Crippen LogP) is 0.640. The fourth-order valence-corrected chi connectivity index (χ4v) is 2.02. The highest BCUT2D eigenvalue weighted by Crippen LogP contribution is 2.28. The van der Waals surface area contributed by atoms with Gasteiger partial charge >= 0.3 is 0 Å². The number of benzene rings is 1. The summed E-state index contributed by atoms with van der Waals surface area (Å²) in [6, 6.07) is 9.78.